The first-order valence-electron chi connectivity index (χ1n) is 6.50. The van der Waals surface area contributed by atoms with Gasteiger partial charge in [0.15, 0.2) is 0 Å². The van der Waals surface area contributed by atoms with E-state index in [1.54, 1.807) is 0 Å². The third-order valence-electron chi connectivity index (χ3n) is 2.89. The quantitative estimate of drug-likeness (QED) is 0.669. The molecule has 0 aromatic carbocycles. The second kappa shape index (κ2) is 6.49. The fourth-order valence-corrected chi connectivity index (χ4v) is 1.92. The van der Waals surface area contributed by atoms with E-state index in [2.05, 4.69) is 33.0 Å². The summed E-state index contributed by atoms with van der Waals surface area (Å²) in [5, 5.41) is 3.54. The van der Waals surface area contributed by atoms with Crippen LogP contribution in [0.4, 0.5) is 0 Å². The highest BCUT2D eigenvalue weighted by molar-refractivity contribution is 4.82. The summed E-state index contributed by atoms with van der Waals surface area (Å²) in [7, 11) is 0. The van der Waals surface area contributed by atoms with Gasteiger partial charge in [0, 0.05) is 12.6 Å². The number of ether oxygens (including phenoxy) is 1. The summed E-state index contributed by atoms with van der Waals surface area (Å²) in [6.45, 7) is 9.94. The van der Waals surface area contributed by atoms with Crippen LogP contribution in [0, 0.1) is 5.92 Å². The molecule has 0 radical (unpaired) electrons. The maximum atomic E-state index is 6.03. The lowest BCUT2D eigenvalue weighted by Crippen LogP contribution is -2.32. The largest absolute Gasteiger partial charge is 0.374 e. The van der Waals surface area contributed by atoms with E-state index in [0.29, 0.717) is 12.2 Å². The first-order chi connectivity index (χ1) is 7.11. The van der Waals surface area contributed by atoms with Gasteiger partial charge in [-0.15, -0.1) is 0 Å². The van der Waals surface area contributed by atoms with Crippen LogP contribution >= 0.6 is 0 Å². The van der Waals surface area contributed by atoms with Gasteiger partial charge in [-0.1, -0.05) is 20.8 Å². The zero-order valence-electron chi connectivity index (χ0n) is 10.8. The third-order valence-corrected chi connectivity index (χ3v) is 2.89. The van der Waals surface area contributed by atoms with E-state index in [9.17, 15) is 0 Å². The van der Waals surface area contributed by atoms with Crippen LogP contribution in [0.5, 0.6) is 0 Å². The molecule has 1 fully saturated rings. The average molecular weight is 213 g/mol. The number of rotatable bonds is 8. The van der Waals surface area contributed by atoms with E-state index < -0.39 is 0 Å². The summed E-state index contributed by atoms with van der Waals surface area (Å²) in [4.78, 5) is 0. The van der Waals surface area contributed by atoms with Gasteiger partial charge in [-0.05, 0) is 38.5 Å². The van der Waals surface area contributed by atoms with E-state index in [4.69, 9.17) is 4.74 Å². The Hall–Kier alpha value is -0.0800. The van der Waals surface area contributed by atoms with E-state index in [1.807, 2.05) is 0 Å². The first kappa shape index (κ1) is 13.0. The van der Waals surface area contributed by atoms with Gasteiger partial charge in [0.1, 0.15) is 0 Å². The van der Waals surface area contributed by atoms with Gasteiger partial charge >= 0.3 is 0 Å². The van der Waals surface area contributed by atoms with E-state index in [1.165, 1.54) is 19.3 Å². The molecule has 2 heteroatoms. The van der Waals surface area contributed by atoms with Crippen LogP contribution in [0.15, 0.2) is 0 Å². The molecule has 1 aliphatic carbocycles. The minimum absolute atomic E-state index is 0.399. The molecule has 0 aromatic heterocycles. The Morgan fingerprint density at radius 1 is 1.27 bits per heavy atom. The lowest BCUT2D eigenvalue weighted by atomic mass is 10.1. The summed E-state index contributed by atoms with van der Waals surface area (Å²) in [6, 6.07) is 0.794. The van der Waals surface area contributed by atoms with Crippen LogP contribution in [0.1, 0.15) is 53.4 Å². The topological polar surface area (TPSA) is 21.3 Å². The van der Waals surface area contributed by atoms with Gasteiger partial charge in [-0.2, -0.15) is 0 Å². The molecule has 2 nitrogen and oxygen atoms in total. The van der Waals surface area contributed by atoms with Crippen LogP contribution in [-0.4, -0.2) is 24.8 Å². The van der Waals surface area contributed by atoms with Crippen molar-refractivity contribution in [1.82, 2.24) is 5.32 Å². The number of hydrogen-bond donors (Lipinski definition) is 1. The molecule has 0 amide bonds. The smallest absolute Gasteiger partial charge is 0.0700 e. The molecule has 0 spiro atoms. The maximum Gasteiger partial charge on any atom is 0.0700 e. The van der Waals surface area contributed by atoms with Crippen molar-refractivity contribution in [2.75, 3.05) is 6.54 Å². The Morgan fingerprint density at radius 2 is 1.93 bits per heavy atom. The monoisotopic (exact) mass is 213 g/mol. The Labute approximate surface area is 94.8 Å². The highest BCUT2D eigenvalue weighted by Gasteiger charge is 2.22. The van der Waals surface area contributed by atoms with Crippen molar-refractivity contribution in [2.45, 2.75) is 71.6 Å². The second-order valence-electron chi connectivity index (χ2n) is 5.29. The molecule has 1 N–H and O–H groups in total. The van der Waals surface area contributed by atoms with Crippen LogP contribution in [0.2, 0.25) is 0 Å². The standard InChI is InChI=1S/C13H27NO/c1-5-13(9-14-12-6-7-12)15-11(4)8-10(2)3/h10-14H,5-9H2,1-4H3. The summed E-state index contributed by atoms with van der Waals surface area (Å²) in [5.74, 6) is 0.730. The van der Waals surface area contributed by atoms with Gasteiger partial charge in [-0.25, -0.2) is 0 Å². The molecule has 0 saturated heterocycles. The minimum Gasteiger partial charge on any atom is -0.374 e. The van der Waals surface area contributed by atoms with Gasteiger partial charge in [0.05, 0.1) is 12.2 Å². The van der Waals surface area contributed by atoms with Crippen molar-refractivity contribution in [3.8, 4) is 0 Å². The SMILES string of the molecule is CCC(CNC1CC1)OC(C)CC(C)C. The van der Waals surface area contributed by atoms with Gasteiger partial charge in [0.2, 0.25) is 0 Å². The van der Waals surface area contributed by atoms with Gasteiger partial charge in [-0.3, -0.25) is 0 Å². The zero-order chi connectivity index (χ0) is 11.3. The predicted molar refractivity (Wildman–Crippen MR) is 65.1 cm³/mol. The van der Waals surface area contributed by atoms with E-state index in [0.717, 1.165) is 24.9 Å². The molecule has 0 aliphatic heterocycles. The fourth-order valence-electron chi connectivity index (χ4n) is 1.92. The molecule has 2 unspecified atom stereocenters. The zero-order valence-corrected chi connectivity index (χ0v) is 10.8. The maximum absolute atomic E-state index is 6.03. The molecule has 15 heavy (non-hydrogen) atoms. The summed E-state index contributed by atoms with van der Waals surface area (Å²) >= 11 is 0. The van der Waals surface area contributed by atoms with Crippen molar-refractivity contribution >= 4 is 0 Å². The molecule has 1 rings (SSSR count). The van der Waals surface area contributed by atoms with Crippen molar-refractivity contribution < 1.29 is 4.74 Å². The van der Waals surface area contributed by atoms with E-state index in [-0.39, 0.29) is 0 Å². The number of nitrogens with one attached hydrogen (secondary N) is 1. The lowest BCUT2D eigenvalue weighted by Gasteiger charge is -2.23. The Kier molecular flexibility index (Phi) is 5.62. The minimum atomic E-state index is 0.399. The van der Waals surface area contributed by atoms with Gasteiger partial charge in [0.25, 0.3) is 0 Å². The average Bonchev–Trinajstić information content (AvgIpc) is 2.94. The van der Waals surface area contributed by atoms with Crippen LogP contribution in [0.3, 0.4) is 0 Å². The fraction of sp³-hybridized carbons (Fsp3) is 1.00. The molecule has 1 aliphatic rings. The Balaban J connectivity index is 2.12. The molecule has 90 valence electrons. The molecule has 0 aromatic rings. The summed E-state index contributed by atoms with van der Waals surface area (Å²) in [5.41, 5.74) is 0. The first-order valence-corrected chi connectivity index (χ1v) is 6.50. The summed E-state index contributed by atoms with van der Waals surface area (Å²) < 4.78 is 6.03. The molecule has 0 heterocycles. The lowest BCUT2D eigenvalue weighted by molar-refractivity contribution is -0.0127. The van der Waals surface area contributed by atoms with E-state index >= 15 is 0 Å². The summed E-state index contributed by atoms with van der Waals surface area (Å²) in [6.07, 6.45) is 5.80. The Bertz CT molecular complexity index is 166. The second-order valence-corrected chi connectivity index (χ2v) is 5.29. The van der Waals surface area contributed by atoms with Crippen molar-refractivity contribution in [3.05, 3.63) is 0 Å². The number of hydrogen-bond acceptors (Lipinski definition) is 2. The molecular weight excluding hydrogens is 186 g/mol. The normalized spacial score (nSPS) is 20.6. The Morgan fingerprint density at radius 3 is 2.40 bits per heavy atom. The highest BCUT2D eigenvalue weighted by Crippen LogP contribution is 2.19. The predicted octanol–water partition coefficient (Wildman–Crippen LogP) is 2.97. The molecule has 2 atom stereocenters. The molecular formula is C13H27NO. The van der Waals surface area contributed by atoms with Crippen molar-refractivity contribution in [3.63, 3.8) is 0 Å². The van der Waals surface area contributed by atoms with Gasteiger partial charge < -0.3 is 10.1 Å². The van der Waals surface area contributed by atoms with Crippen molar-refractivity contribution in [2.24, 2.45) is 5.92 Å². The molecule has 0 bridgehead atoms. The van der Waals surface area contributed by atoms with Crippen molar-refractivity contribution in [1.29, 1.82) is 0 Å². The van der Waals surface area contributed by atoms with Crippen LogP contribution in [-0.2, 0) is 4.74 Å². The van der Waals surface area contributed by atoms with Crippen LogP contribution < -0.4 is 5.32 Å². The third kappa shape index (κ3) is 6.16. The molecule has 1 saturated carbocycles. The highest BCUT2D eigenvalue weighted by atomic mass is 16.5. The van der Waals surface area contributed by atoms with Crippen LogP contribution in [0.25, 0.3) is 0 Å².